The summed E-state index contributed by atoms with van der Waals surface area (Å²) in [6.45, 7) is 6.54. The number of amides is 2. The molecule has 2 aromatic rings. The van der Waals surface area contributed by atoms with E-state index in [0.29, 0.717) is 37.2 Å². The summed E-state index contributed by atoms with van der Waals surface area (Å²) in [7, 11) is 1.74. The van der Waals surface area contributed by atoms with Gasteiger partial charge in [0.15, 0.2) is 5.69 Å². The van der Waals surface area contributed by atoms with Gasteiger partial charge in [0, 0.05) is 43.9 Å². The number of hydrogen-bond donors (Lipinski definition) is 0. The van der Waals surface area contributed by atoms with Gasteiger partial charge in [-0.1, -0.05) is 12.1 Å². The molecule has 1 saturated heterocycles. The summed E-state index contributed by atoms with van der Waals surface area (Å²) in [4.78, 5) is 42.0. The van der Waals surface area contributed by atoms with Crippen LogP contribution < -0.4 is 4.98 Å². The maximum atomic E-state index is 12.9. The number of likely N-dealkylation sites (tertiary alicyclic amines) is 1. The van der Waals surface area contributed by atoms with Crippen molar-refractivity contribution in [1.82, 2.24) is 14.4 Å². The number of aromatic nitrogens is 2. The number of non-ortho nitro benzene ring substituents is 1. The van der Waals surface area contributed by atoms with Crippen molar-refractivity contribution >= 4 is 17.8 Å². The standard InChI is InChI=1S/C21H27N5O5/c1-21(2,3)31-20(28)24-10-8-16(9-11-24)23(4)19(27)25-13-18(22-14-25)15-6-5-7-17(12-15)26(29)30/h5-7,12-14,16H,8-11H2,1-4H3/p+1. The van der Waals surface area contributed by atoms with Crippen molar-refractivity contribution in [1.29, 1.82) is 0 Å². The predicted octanol–water partition coefficient (Wildman–Crippen LogP) is 3.18. The van der Waals surface area contributed by atoms with Crippen LogP contribution in [0.4, 0.5) is 15.3 Å². The van der Waals surface area contributed by atoms with E-state index in [-0.39, 0.29) is 23.9 Å². The fraction of sp³-hybridized carbons (Fsp3) is 0.476. The van der Waals surface area contributed by atoms with Crippen molar-refractivity contribution in [3.63, 3.8) is 0 Å². The largest absolute Gasteiger partial charge is 0.444 e. The zero-order valence-corrected chi connectivity index (χ0v) is 18.2. The summed E-state index contributed by atoms with van der Waals surface area (Å²) in [5, 5.41) is 11.0. The fourth-order valence-electron chi connectivity index (χ4n) is 3.51. The Morgan fingerprint density at radius 1 is 1.26 bits per heavy atom. The minimum absolute atomic E-state index is 0.00477. The van der Waals surface area contributed by atoms with Gasteiger partial charge in [-0.15, -0.1) is 0 Å². The molecule has 0 atom stereocenters. The lowest BCUT2D eigenvalue weighted by molar-refractivity contribution is -0.385. The molecule has 1 aliphatic rings. The number of nitrogens with zero attached hydrogens (tertiary/aromatic N) is 4. The Hall–Kier alpha value is -3.43. The molecule has 1 fully saturated rings. The molecule has 3 rings (SSSR count). The number of imidazole rings is 1. The fourth-order valence-corrected chi connectivity index (χ4v) is 3.51. The van der Waals surface area contributed by atoms with Crippen molar-refractivity contribution in [2.24, 2.45) is 0 Å². The lowest BCUT2D eigenvalue weighted by atomic mass is 10.0. The molecule has 0 saturated carbocycles. The summed E-state index contributed by atoms with van der Waals surface area (Å²) in [6.07, 6.45) is 4.13. The first kappa shape index (κ1) is 22.3. The first-order chi connectivity index (χ1) is 14.5. The molecule has 1 aromatic carbocycles. The number of nitro groups is 1. The molecule has 1 aromatic heterocycles. The van der Waals surface area contributed by atoms with Crippen LogP contribution in [-0.2, 0) is 4.74 Å². The maximum absolute atomic E-state index is 12.9. The number of carbonyl (C=O) groups excluding carboxylic acids is 2. The Morgan fingerprint density at radius 3 is 2.55 bits per heavy atom. The van der Waals surface area contributed by atoms with Crippen molar-refractivity contribution in [3.8, 4) is 11.3 Å². The summed E-state index contributed by atoms with van der Waals surface area (Å²) >= 11 is 0. The molecule has 2 heterocycles. The van der Waals surface area contributed by atoms with Gasteiger partial charge in [-0.2, -0.15) is 4.57 Å². The zero-order chi connectivity index (χ0) is 22.8. The van der Waals surface area contributed by atoms with Crippen LogP contribution in [-0.4, -0.2) is 63.2 Å². The molecule has 0 radical (unpaired) electrons. The maximum Gasteiger partial charge on any atom is 0.415 e. The zero-order valence-electron chi connectivity index (χ0n) is 18.2. The van der Waals surface area contributed by atoms with E-state index in [1.54, 1.807) is 35.2 Å². The second-order valence-corrected chi connectivity index (χ2v) is 8.62. The lowest BCUT2D eigenvalue weighted by Gasteiger charge is -2.36. The highest BCUT2D eigenvalue weighted by molar-refractivity contribution is 5.77. The van der Waals surface area contributed by atoms with Gasteiger partial charge in [-0.3, -0.25) is 10.1 Å². The van der Waals surface area contributed by atoms with Crippen LogP contribution >= 0.6 is 0 Å². The minimum atomic E-state index is -0.539. The SMILES string of the molecule is CN(C(=O)n1c[nH+]c(-c2cccc([N+](=O)[O-])c2)c1)C1CCN(C(=O)OC(C)(C)C)CC1. The van der Waals surface area contributed by atoms with Crippen molar-refractivity contribution in [3.05, 3.63) is 46.9 Å². The quantitative estimate of drug-likeness (QED) is 0.548. The number of carbonyl (C=O) groups is 2. The Morgan fingerprint density at radius 2 is 1.94 bits per heavy atom. The molecule has 0 unspecified atom stereocenters. The van der Waals surface area contributed by atoms with Gasteiger partial charge >= 0.3 is 12.1 Å². The van der Waals surface area contributed by atoms with E-state index in [1.165, 1.54) is 23.0 Å². The second-order valence-electron chi connectivity index (χ2n) is 8.62. The van der Waals surface area contributed by atoms with E-state index in [9.17, 15) is 19.7 Å². The summed E-state index contributed by atoms with van der Waals surface area (Å²) in [6, 6.07) is 5.99. The van der Waals surface area contributed by atoms with Crippen LogP contribution in [0.2, 0.25) is 0 Å². The third-order valence-electron chi connectivity index (χ3n) is 5.18. The van der Waals surface area contributed by atoms with E-state index < -0.39 is 10.5 Å². The Labute approximate surface area is 180 Å². The first-order valence-corrected chi connectivity index (χ1v) is 10.1. The topological polar surface area (TPSA) is 112 Å². The monoisotopic (exact) mass is 430 g/mol. The molecule has 1 N–H and O–H groups in total. The van der Waals surface area contributed by atoms with Crippen LogP contribution in [0.15, 0.2) is 36.8 Å². The highest BCUT2D eigenvalue weighted by Crippen LogP contribution is 2.22. The minimum Gasteiger partial charge on any atom is -0.444 e. The Bertz CT molecular complexity index is 973. The third kappa shape index (κ3) is 5.39. The summed E-state index contributed by atoms with van der Waals surface area (Å²) in [5.74, 6) is 0. The van der Waals surface area contributed by atoms with Crippen LogP contribution in [0, 0.1) is 10.1 Å². The normalized spacial score (nSPS) is 14.9. The number of ether oxygens (including phenoxy) is 1. The number of piperidine rings is 1. The lowest BCUT2D eigenvalue weighted by Crippen LogP contribution is -2.49. The van der Waals surface area contributed by atoms with Crippen LogP contribution in [0.25, 0.3) is 11.3 Å². The van der Waals surface area contributed by atoms with E-state index in [1.807, 2.05) is 20.8 Å². The molecule has 31 heavy (non-hydrogen) atoms. The van der Waals surface area contributed by atoms with Crippen LogP contribution in [0.5, 0.6) is 0 Å². The highest BCUT2D eigenvalue weighted by Gasteiger charge is 2.32. The van der Waals surface area contributed by atoms with Crippen molar-refractivity contribution < 1.29 is 24.2 Å². The van der Waals surface area contributed by atoms with E-state index in [2.05, 4.69) is 4.98 Å². The number of nitrogens with one attached hydrogen (secondary N) is 1. The molecule has 0 spiro atoms. The molecular weight excluding hydrogens is 402 g/mol. The second kappa shape index (κ2) is 8.75. The number of benzene rings is 1. The Balaban J connectivity index is 1.62. The first-order valence-electron chi connectivity index (χ1n) is 10.1. The molecule has 10 nitrogen and oxygen atoms in total. The molecule has 0 aliphatic carbocycles. The molecule has 2 amide bonds. The summed E-state index contributed by atoms with van der Waals surface area (Å²) < 4.78 is 6.84. The molecule has 0 bridgehead atoms. The van der Waals surface area contributed by atoms with Gasteiger partial charge < -0.3 is 14.5 Å². The van der Waals surface area contributed by atoms with Crippen molar-refractivity contribution in [2.75, 3.05) is 20.1 Å². The van der Waals surface area contributed by atoms with Gasteiger partial charge in [0.1, 0.15) is 11.8 Å². The van der Waals surface area contributed by atoms with E-state index in [0.717, 1.165) is 0 Å². The van der Waals surface area contributed by atoms with Gasteiger partial charge in [0.25, 0.3) is 12.0 Å². The number of rotatable bonds is 3. The molecule has 166 valence electrons. The molecule has 10 heteroatoms. The van der Waals surface area contributed by atoms with E-state index >= 15 is 0 Å². The van der Waals surface area contributed by atoms with Crippen LogP contribution in [0.3, 0.4) is 0 Å². The molecule has 1 aliphatic heterocycles. The van der Waals surface area contributed by atoms with E-state index in [4.69, 9.17) is 4.74 Å². The average Bonchev–Trinajstić information content (AvgIpc) is 3.22. The molecular formula is C21H28N5O5+. The smallest absolute Gasteiger partial charge is 0.415 e. The predicted molar refractivity (Wildman–Crippen MR) is 112 cm³/mol. The van der Waals surface area contributed by atoms with Crippen LogP contribution in [0.1, 0.15) is 33.6 Å². The van der Waals surface area contributed by atoms with Gasteiger partial charge in [0.05, 0.1) is 4.92 Å². The van der Waals surface area contributed by atoms with Gasteiger partial charge in [0.2, 0.25) is 0 Å². The number of H-pyrrole nitrogens is 1. The van der Waals surface area contributed by atoms with Gasteiger partial charge in [-0.25, -0.2) is 14.6 Å². The number of nitro benzene ring substituents is 1. The average molecular weight is 430 g/mol. The number of hydrogen-bond acceptors (Lipinski definition) is 5. The highest BCUT2D eigenvalue weighted by atomic mass is 16.6. The number of aromatic amines is 1. The van der Waals surface area contributed by atoms with Gasteiger partial charge in [-0.05, 0) is 33.6 Å². The Kier molecular flexibility index (Phi) is 6.28. The summed E-state index contributed by atoms with van der Waals surface area (Å²) in [5.41, 5.74) is 0.667. The van der Waals surface area contributed by atoms with Crippen molar-refractivity contribution in [2.45, 2.75) is 45.3 Å². The third-order valence-corrected chi connectivity index (χ3v) is 5.18.